The van der Waals surface area contributed by atoms with Gasteiger partial charge in [-0.05, 0) is 53.8 Å². The second-order valence-corrected chi connectivity index (χ2v) is 13.6. The molecule has 0 aliphatic carbocycles. The van der Waals surface area contributed by atoms with Crippen LogP contribution in [0.3, 0.4) is 0 Å². The maximum atomic E-state index is 13.5. The Kier molecular flexibility index (Phi) is 12.7. The molecule has 8 rings (SSSR count). The van der Waals surface area contributed by atoms with Crippen molar-refractivity contribution in [3.8, 4) is 11.8 Å². The monoisotopic (exact) mass is 753 g/mol. The van der Waals surface area contributed by atoms with Crippen LogP contribution >= 0.6 is 11.6 Å². The van der Waals surface area contributed by atoms with E-state index in [2.05, 4.69) is 30.9 Å². The lowest BCUT2D eigenvalue weighted by Crippen LogP contribution is -2.45. The minimum absolute atomic E-state index is 0.0325. The summed E-state index contributed by atoms with van der Waals surface area (Å²) < 4.78 is 49.4. The number of alkyl halides is 3. The van der Waals surface area contributed by atoms with Gasteiger partial charge < -0.3 is 30.3 Å². The summed E-state index contributed by atoms with van der Waals surface area (Å²) in [6.45, 7) is 3.52. The number of carbonyl (C=O) groups excluding carboxylic acids is 3. The lowest BCUT2D eigenvalue weighted by molar-refractivity contribution is -0.154. The van der Waals surface area contributed by atoms with Gasteiger partial charge in [-0.25, -0.2) is 0 Å². The van der Waals surface area contributed by atoms with Gasteiger partial charge in [0.25, 0.3) is 5.91 Å². The smallest absolute Gasteiger partial charge is 0.422 e. The van der Waals surface area contributed by atoms with Gasteiger partial charge in [-0.3, -0.25) is 14.4 Å². The molecule has 0 spiro atoms. The van der Waals surface area contributed by atoms with E-state index in [1.54, 1.807) is 71.6 Å². The molecule has 6 bridgehead atoms. The summed E-state index contributed by atoms with van der Waals surface area (Å²) in [5.41, 5.74) is 1.48. The van der Waals surface area contributed by atoms with Gasteiger partial charge in [0.15, 0.2) is 12.4 Å². The zero-order chi connectivity index (χ0) is 38.0. The van der Waals surface area contributed by atoms with Crippen LogP contribution in [0.1, 0.15) is 59.4 Å². The van der Waals surface area contributed by atoms with Crippen LogP contribution in [0.2, 0.25) is 5.02 Å². The highest BCUT2D eigenvalue weighted by molar-refractivity contribution is 6.32. The van der Waals surface area contributed by atoms with E-state index in [9.17, 15) is 27.6 Å². The van der Waals surface area contributed by atoms with Gasteiger partial charge in [0.1, 0.15) is 5.75 Å². The molecule has 0 saturated heterocycles. The molecule has 3 N–H and O–H groups in total. The van der Waals surface area contributed by atoms with Gasteiger partial charge in [0.05, 0.1) is 11.6 Å². The highest BCUT2D eigenvalue weighted by Gasteiger charge is 2.29. The molecule has 5 heterocycles. The van der Waals surface area contributed by atoms with Gasteiger partial charge in [-0.1, -0.05) is 61.8 Å². The fourth-order valence-corrected chi connectivity index (χ4v) is 5.62. The van der Waals surface area contributed by atoms with Crippen molar-refractivity contribution in [2.45, 2.75) is 45.8 Å². The van der Waals surface area contributed by atoms with Gasteiger partial charge in [-0.2, -0.15) is 28.1 Å². The summed E-state index contributed by atoms with van der Waals surface area (Å²) in [5.74, 6) is -0.400. The largest absolute Gasteiger partial charge is 0.492 e. The maximum absolute atomic E-state index is 13.5. The zero-order valence-corrected chi connectivity index (χ0v) is 29.9. The standard InChI is InChI=1S/C37H39ClF3N7O5/c1-36(2)21-43-32(51)26-10-12-27(13-11-26)44-34-45-33(46-35(47-34)53-23-37(39,40)41)42-20-24-9-15-30(28(38)19-24)52-18-6-17-48(22-36)31(50)16-14-29(49)25-7-4-3-5-8-25/h3-5,7-13,15,19H,6,14,16-18,20-23H2,1-2H3,(H,43,51)(H2,42,44,45,46,47). The number of carbonyl (C=O) groups is 3. The van der Waals surface area contributed by atoms with E-state index in [0.29, 0.717) is 52.7 Å². The first kappa shape index (κ1) is 38.8. The summed E-state index contributed by atoms with van der Waals surface area (Å²) in [6, 6.07) is 19.7. The van der Waals surface area contributed by atoms with Crippen molar-refractivity contribution >= 4 is 46.8 Å². The predicted octanol–water partition coefficient (Wildman–Crippen LogP) is 6.85. The van der Waals surface area contributed by atoms with Crippen LogP contribution in [0.25, 0.3) is 0 Å². The number of halogens is 4. The number of anilines is 3. The van der Waals surface area contributed by atoms with E-state index in [0.717, 1.165) is 0 Å². The Morgan fingerprint density at radius 3 is 2.42 bits per heavy atom. The normalized spacial score (nSPS) is 15.3. The van der Waals surface area contributed by atoms with Crippen LogP contribution in [-0.2, 0) is 11.3 Å². The van der Waals surface area contributed by atoms with E-state index in [4.69, 9.17) is 21.1 Å². The lowest BCUT2D eigenvalue weighted by atomic mass is 9.92. The highest BCUT2D eigenvalue weighted by Crippen LogP contribution is 2.27. The second-order valence-electron chi connectivity index (χ2n) is 13.1. The highest BCUT2D eigenvalue weighted by atomic mass is 35.5. The fourth-order valence-electron chi connectivity index (χ4n) is 5.36. The number of benzene rings is 3. The number of aromatic nitrogens is 3. The predicted molar refractivity (Wildman–Crippen MR) is 193 cm³/mol. The summed E-state index contributed by atoms with van der Waals surface area (Å²) in [7, 11) is 0. The van der Waals surface area contributed by atoms with Crippen LogP contribution in [0.15, 0.2) is 72.8 Å². The first-order chi connectivity index (χ1) is 25.2. The first-order valence-electron chi connectivity index (χ1n) is 16.9. The van der Waals surface area contributed by atoms with Gasteiger partial charge in [-0.15, -0.1) is 0 Å². The molecule has 0 fully saturated rings. The molecule has 3 aromatic carbocycles. The van der Waals surface area contributed by atoms with Crippen molar-refractivity contribution in [1.29, 1.82) is 0 Å². The SMILES string of the molecule is CC1(C)CNC(=O)c2ccc(cc2)Nc2nc(nc(OCC(F)(F)F)n2)NCc2ccc(c(Cl)c2)OCCCN(C(=O)CCC(=O)c2ccccc2)C1. The average Bonchev–Trinajstić information content (AvgIpc) is 3.13. The summed E-state index contributed by atoms with van der Waals surface area (Å²) in [6.07, 6.45) is -4.06. The molecule has 0 saturated carbocycles. The van der Waals surface area contributed by atoms with Crippen LogP contribution in [0.4, 0.5) is 30.8 Å². The lowest BCUT2D eigenvalue weighted by Gasteiger charge is -2.33. The molecular formula is C37H39ClF3N7O5. The van der Waals surface area contributed by atoms with Crippen LogP contribution in [-0.4, -0.2) is 76.5 Å². The van der Waals surface area contributed by atoms with E-state index < -0.39 is 24.2 Å². The first-order valence-corrected chi connectivity index (χ1v) is 17.2. The Bertz CT molecular complexity index is 1900. The molecule has 12 nitrogen and oxygen atoms in total. The number of hydrogen-bond acceptors (Lipinski definition) is 10. The molecule has 4 aliphatic heterocycles. The minimum Gasteiger partial charge on any atom is -0.492 e. The van der Waals surface area contributed by atoms with E-state index in [1.165, 1.54) is 0 Å². The molecule has 0 atom stereocenters. The molecule has 280 valence electrons. The molecule has 0 unspecified atom stereocenters. The Balaban J connectivity index is 1.35. The van der Waals surface area contributed by atoms with Crippen molar-refractivity contribution in [2.75, 3.05) is 43.5 Å². The quantitative estimate of drug-likeness (QED) is 0.179. The zero-order valence-electron chi connectivity index (χ0n) is 29.1. The number of hydrogen-bond donors (Lipinski definition) is 3. The minimum atomic E-state index is -4.61. The third-order valence-electron chi connectivity index (χ3n) is 8.02. The third-order valence-corrected chi connectivity index (χ3v) is 8.32. The van der Waals surface area contributed by atoms with E-state index in [1.807, 2.05) is 19.9 Å². The molecule has 53 heavy (non-hydrogen) atoms. The number of amides is 2. The van der Waals surface area contributed by atoms with E-state index in [-0.39, 0.29) is 62.0 Å². The number of ketones is 1. The molecular weight excluding hydrogens is 715 g/mol. The average molecular weight is 754 g/mol. The van der Waals surface area contributed by atoms with Crippen LogP contribution < -0.4 is 25.4 Å². The summed E-state index contributed by atoms with van der Waals surface area (Å²) in [4.78, 5) is 53.3. The van der Waals surface area contributed by atoms with Crippen molar-refractivity contribution in [3.63, 3.8) is 0 Å². The molecule has 16 heteroatoms. The van der Waals surface area contributed by atoms with Crippen LogP contribution in [0, 0.1) is 5.41 Å². The molecule has 2 amide bonds. The Hall–Kier alpha value is -5.44. The van der Waals surface area contributed by atoms with Crippen molar-refractivity contribution < 1.29 is 37.0 Å². The number of ether oxygens (including phenoxy) is 2. The van der Waals surface area contributed by atoms with Gasteiger partial charge >= 0.3 is 12.2 Å². The fraction of sp³-hybridized carbons (Fsp3) is 0.351. The number of rotatable bonds is 6. The van der Waals surface area contributed by atoms with Gasteiger partial charge in [0.2, 0.25) is 17.8 Å². The molecule has 1 aromatic heterocycles. The Labute approximate surface area is 309 Å². The number of nitrogens with one attached hydrogen (secondary N) is 3. The third kappa shape index (κ3) is 12.1. The summed E-state index contributed by atoms with van der Waals surface area (Å²) >= 11 is 6.53. The second kappa shape index (κ2) is 17.4. The number of nitrogens with zero attached hydrogens (tertiary/aromatic N) is 4. The van der Waals surface area contributed by atoms with Crippen molar-refractivity contribution in [2.24, 2.45) is 5.41 Å². The molecule has 4 aromatic rings. The van der Waals surface area contributed by atoms with E-state index >= 15 is 0 Å². The Morgan fingerprint density at radius 1 is 0.962 bits per heavy atom. The summed E-state index contributed by atoms with van der Waals surface area (Å²) in [5, 5.41) is 9.11. The van der Waals surface area contributed by atoms with Crippen molar-refractivity contribution in [3.05, 3.63) is 94.5 Å². The maximum Gasteiger partial charge on any atom is 0.422 e. The van der Waals surface area contributed by atoms with Crippen LogP contribution in [0.5, 0.6) is 11.8 Å². The van der Waals surface area contributed by atoms with Crippen molar-refractivity contribution in [1.82, 2.24) is 25.2 Å². The number of Topliss-reactive ketones (excluding diaryl/α,β-unsaturated/α-hetero) is 1. The van der Waals surface area contributed by atoms with Gasteiger partial charge in [0, 0.05) is 55.8 Å². The Morgan fingerprint density at radius 2 is 1.70 bits per heavy atom. The molecule has 0 radical (unpaired) electrons. The molecule has 4 aliphatic rings. The topological polar surface area (TPSA) is 148 Å².